The molecule has 2 aromatic carbocycles. The summed E-state index contributed by atoms with van der Waals surface area (Å²) in [7, 11) is 0. The van der Waals surface area contributed by atoms with E-state index in [4.69, 9.17) is 4.52 Å². The van der Waals surface area contributed by atoms with Gasteiger partial charge in [0.15, 0.2) is 5.82 Å². The van der Waals surface area contributed by atoms with Crippen LogP contribution in [0.5, 0.6) is 0 Å². The Bertz CT molecular complexity index is 1160. The summed E-state index contributed by atoms with van der Waals surface area (Å²) in [5, 5.41) is 6.98. The van der Waals surface area contributed by atoms with Crippen molar-refractivity contribution in [3.63, 3.8) is 0 Å². The van der Waals surface area contributed by atoms with Gasteiger partial charge in [0.1, 0.15) is 0 Å². The number of anilines is 1. The van der Waals surface area contributed by atoms with Gasteiger partial charge >= 0.3 is 0 Å². The number of fused-ring (bicyclic) bond motifs is 1. The van der Waals surface area contributed by atoms with Gasteiger partial charge < -0.3 is 4.52 Å². The maximum atomic E-state index is 12.6. The van der Waals surface area contributed by atoms with E-state index in [1.165, 1.54) is 0 Å². The van der Waals surface area contributed by atoms with Crippen LogP contribution in [0.15, 0.2) is 59.1 Å². The van der Waals surface area contributed by atoms with E-state index in [1.54, 1.807) is 0 Å². The van der Waals surface area contributed by atoms with Crippen LogP contribution in [0.2, 0.25) is 0 Å². The summed E-state index contributed by atoms with van der Waals surface area (Å²) in [5.74, 6) is 1.65. The Morgan fingerprint density at radius 3 is 2.50 bits per heavy atom. The van der Waals surface area contributed by atoms with Crippen molar-refractivity contribution in [3.8, 4) is 5.69 Å². The number of carbonyl (C=O) groups is 1. The van der Waals surface area contributed by atoms with Crippen LogP contribution >= 0.6 is 0 Å². The molecule has 7 heteroatoms. The number of para-hydroxylation sites is 3. The highest BCUT2D eigenvalue weighted by Gasteiger charge is 2.21. The van der Waals surface area contributed by atoms with Crippen LogP contribution < -0.4 is 5.32 Å². The minimum atomic E-state index is -0.157. The molecule has 0 aliphatic rings. The van der Waals surface area contributed by atoms with Crippen LogP contribution in [-0.4, -0.2) is 25.6 Å². The third-order valence-corrected chi connectivity index (χ3v) is 4.76. The number of nitrogens with zero attached hydrogens (tertiary/aromatic N) is 4. The molecule has 4 rings (SSSR count). The SMILES string of the molecule is CC(C)(C)c1noc(CCCC(=O)Nc2nc3ccccc3n2-c2ccccc2)n1. The maximum absolute atomic E-state index is 12.6. The highest BCUT2D eigenvalue weighted by Crippen LogP contribution is 2.25. The zero-order chi connectivity index (χ0) is 21.1. The number of amides is 1. The molecule has 0 unspecified atom stereocenters. The molecule has 0 bridgehead atoms. The summed E-state index contributed by atoms with van der Waals surface area (Å²) in [6.45, 7) is 6.11. The summed E-state index contributed by atoms with van der Waals surface area (Å²) < 4.78 is 7.26. The van der Waals surface area contributed by atoms with Gasteiger partial charge in [0.2, 0.25) is 17.7 Å². The molecule has 0 saturated heterocycles. The van der Waals surface area contributed by atoms with E-state index in [2.05, 4.69) is 20.4 Å². The zero-order valence-corrected chi connectivity index (χ0v) is 17.4. The van der Waals surface area contributed by atoms with Gasteiger partial charge in [-0.05, 0) is 30.7 Å². The molecule has 154 valence electrons. The molecule has 1 amide bonds. The molecule has 7 nitrogen and oxygen atoms in total. The second-order valence-corrected chi connectivity index (χ2v) is 8.26. The number of hydrogen-bond donors (Lipinski definition) is 1. The van der Waals surface area contributed by atoms with Crippen molar-refractivity contribution >= 4 is 22.9 Å². The van der Waals surface area contributed by atoms with Gasteiger partial charge in [0.05, 0.1) is 11.0 Å². The van der Waals surface area contributed by atoms with E-state index < -0.39 is 0 Å². The van der Waals surface area contributed by atoms with Gasteiger partial charge in [-0.3, -0.25) is 14.7 Å². The monoisotopic (exact) mass is 403 g/mol. The van der Waals surface area contributed by atoms with Crippen molar-refractivity contribution in [2.45, 2.75) is 45.4 Å². The van der Waals surface area contributed by atoms with Crippen molar-refractivity contribution in [3.05, 3.63) is 66.3 Å². The molecule has 0 aliphatic carbocycles. The van der Waals surface area contributed by atoms with Crippen molar-refractivity contribution in [2.24, 2.45) is 0 Å². The normalized spacial score (nSPS) is 11.7. The first-order chi connectivity index (χ1) is 14.4. The van der Waals surface area contributed by atoms with Crippen LogP contribution in [0.3, 0.4) is 0 Å². The van der Waals surface area contributed by atoms with E-state index in [-0.39, 0.29) is 11.3 Å². The first kappa shape index (κ1) is 19.8. The van der Waals surface area contributed by atoms with Gasteiger partial charge in [0.25, 0.3) is 0 Å². The Hall–Kier alpha value is -3.48. The molecular weight excluding hydrogens is 378 g/mol. The number of rotatable bonds is 6. The fourth-order valence-corrected chi connectivity index (χ4v) is 3.20. The average Bonchev–Trinajstić information content (AvgIpc) is 3.33. The number of carbonyl (C=O) groups excluding carboxylic acids is 1. The third kappa shape index (κ3) is 4.25. The van der Waals surface area contributed by atoms with E-state index in [0.29, 0.717) is 36.9 Å². The standard InChI is InChI=1S/C23H25N5O2/c1-23(2,3)21-26-20(30-27-21)15-9-14-19(29)25-22-24-17-12-7-8-13-18(17)28(22)16-10-5-4-6-11-16/h4-8,10-13H,9,14-15H2,1-3H3,(H,24,25,29). The van der Waals surface area contributed by atoms with Crippen LogP contribution in [0, 0.1) is 0 Å². The van der Waals surface area contributed by atoms with Gasteiger partial charge in [-0.1, -0.05) is 56.3 Å². The van der Waals surface area contributed by atoms with Crippen LogP contribution in [0.1, 0.15) is 45.3 Å². The molecule has 0 aliphatic heterocycles. The predicted octanol–water partition coefficient (Wildman–Crippen LogP) is 4.67. The highest BCUT2D eigenvalue weighted by molar-refractivity contribution is 5.92. The second kappa shape index (κ2) is 8.10. The minimum Gasteiger partial charge on any atom is -0.339 e. The van der Waals surface area contributed by atoms with Crippen LogP contribution in [-0.2, 0) is 16.6 Å². The summed E-state index contributed by atoms with van der Waals surface area (Å²) in [4.78, 5) is 21.6. The molecule has 0 saturated carbocycles. The van der Waals surface area contributed by atoms with Crippen LogP contribution in [0.4, 0.5) is 5.95 Å². The fraction of sp³-hybridized carbons (Fsp3) is 0.304. The Kier molecular flexibility index (Phi) is 5.35. The third-order valence-electron chi connectivity index (χ3n) is 4.76. The van der Waals surface area contributed by atoms with Gasteiger partial charge in [-0.25, -0.2) is 4.98 Å². The number of hydrogen-bond acceptors (Lipinski definition) is 5. The Labute approximate surface area is 175 Å². The maximum Gasteiger partial charge on any atom is 0.226 e. The average molecular weight is 403 g/mol. The lowest BCUT2D eigenvalue weighted by Gasteiger charge is -2.11. The first-order valence-corrected chi connectivity index (χ1v) is 10.1. The molecule has 4 aromatic rings. The Morgan fingerprint density at radius 2 is 1.77 bits per heavy atom. The van der Waals surface area contributed by atoms with E-state index >= 15 is 0 Å². The Balaban J connectivity index is 1.45. The lowest BCUT2D eigenvalue weighted by Crippen LogP contribution is -2.15. The van der Waals surface area contributed by atoms with Crippen molar-refractivity contribution in [1.29, 1.82) is 0 Å². The van der Waals surface area contributed by atoms with E-state index in [9.17, 15) is 4.79 Å². The predicted molar refractivity (Wildman–Crippen MR) is 116 cm³/mol. The van der Waals surface area contributed by atoms with E-state index in [0.717, 1.165) is 16.7 Å². The largest absolute Gasteiger partial charge is 0.339 e. The topological polar surface area (TPSA) is 85.8 Å². The van der Waals surface area contributed by atoms with Crippen molar-refractivity contribution < 1.29 is 9.32 Å². The van der Waals surface area contributed by atoms with Crippen molar-refractivity contribution in [2.75, 3.05) is 5.32 Å². The number of benzene rings is 2. The zero-order valence-electron chi connectivity index (χ0n) is 17.4. The molecule has 0 atom stereocenters. The highest BCUT2D eigenvalue weighted by atomic mass is 16.5. The summed E-state index contributed by atoms with van der Waals surface area (Å²) >= 11 is 0. The molecule has 0 radical (unpaired) electrons. The molecule has 2 aromatic heterocycles. The number of aryl methyl sites for hydroxylation is 1. The lowest BCUT2D eigenvalue weighted by atomic mass is 9.96. The number of imidazole rings is 1. The minimum absolute atomic E-state index is 0.0990. The molecule has 0 fully saturated rings. The van der Waals surface area contributed by atoms with Crippen molar-refractivity contribution in [1.82, 2.24) is 19.7 Å². The molecule has 2 heterocycles. The molecule has 1 N–H and O–H groups in total. The molecular formula is C23H25N5O2. The lowest BCUT2D eigenvalue weighted by molar-refractivity contribution is -0.116. The molecule has 0 spiro atoms. The quantitative estimate of drug-likeness (QED) is 0.506. The summed E-state index contributed by atoms with van der Waals surface area (Å²) in [6, 6.07) is 17.7. The second-order valence-electron chi connectivity index (χ2n) is 8.26. The fourth-order valence-electron chi connectivity index (χ4n) is 3.20. The van der Waals surface area contributed by atoms with E-state index in [1.807, 2.05) is 79.9 Å². The van der Waals surface area contributed by atoms with Crippen LogP contribution in [0.25, 0.3) is 16.7 Å². The number of aromatic nitrogens is 4. The summed E-state index contributed by atoms with van der Waals surface area (Å²) in [6.07, 6.45) is 1.51. The van der Waals surface area contributed by atoms with Gasteiger partial charge in [0, 0.05) is 23.9 Å². The first-order valence-electron chi connectivity index (χ1n) is 10.1. The molecule has 30 heavy (non-hydrogen) atoms. The smallest absolute Gasteiger partial charge is 0.226 e. The van der Waals surface area contributed by atoms with Gasteiger partial charge in [-0.2, -0.15) is 4.98 Å². The number of nitrogens with one attached hydrogen (secondary N) is 1. The summed E-state index contributed by atoms with van der Waals surface area (Å²) in [5.41, 5.74) is 2.56. The van der Waals surface area contributed by atoms with Gasteiger partial charge in [-0.15, -0.1) is 0 Å². The Morgan fingerprint density at radius 1 is 1.03 bits per heavy atom.